The second-order valence-electron chi connectivity index (χ2n) is 16.2. The summed E-state index contributed by atoms with van der Waals surface area (Å²) >= 11 is 1.56. The molecule has 302 valence electrons. The van der Waals surface area contributed by atoms with Gasteiger partial charge < -0.3 is 24.8 Å². The van der Waals surface area contributed by atoms with Crippen molar-refractivity contribution < 1.29 is 19.1 Å². The van der Waals surface area contributed by atoms with E-state index in [2.05, 4.69) is 47.6 Å². The smallest absolute Gasteiger partial charge is 0.234 e. The number of carbonyl (C=O) groups excluding carboxylic acids is 3. The first-order chi connectivity index (χ1) is 28.9. The molecule has 5 fully saturated rings. The highest BCUT2D eigenvalue weighted by Crippen LogP contribution is 2.40. The van der Waals surface area contributed by atoms with Gasteiger partial charge in [-0.15, -0.1) is 10.2 Å². The van der Waals surface area contributed by atoms with Crippen LogP contribution in [0.15, 0.2) is 55.0 Å². The van der Waals surface area contributed by atoms with Crippen molar-refractivity contribution >= 4 is 51.2 Å². The Labute approximate surface area is 344 Å². The summed E-state index contributed by atoms with van der Waals surface area (Å²) in [4.78, 5) is 54.3. The van der Waals surface area contributed by atoms with E-state index in [0.717, 1.165) is 114 Å². The summed E-state index contributed by atoms with van der Waals surface area (Å²) in [7, 11) is 0. The van der Waals surface area contributed by atoms with Crippen LogP contribution in [-0.4, -0.2) is 110 Å². The predicted octanol–water partition coefficient (Wildman–Crippen LogP) is 4.39. The van der Waals surface area contributed by atoms with Crippen molar-refractivity contribution in [2.24, 2.45) is 5.92 Å². The number of pyridine rings is 2. The van der Waals surface area contributed by atoms with Crippen LogP contribution < -0.4 is 20.4 Å². The number of amides is 3. The van der Waals surface area contributed by atoms with Gasteiger partial charge in [-0.1, -0.05) is 17.4 Å². The maximum Gasteiger partial charge on any atom is 0.234 e. The number of ether oxygens (including phenoxy) is 1. The molecule has 2 N–H and O–H groups in total. The van der Waals surface area contributed by atoms with Gasteiger partial charge in [-0.2, -0.15) is 10.4 Å². The first-order valence-electron chi connectivity index (χ1n) is 20.6. The van der Waals surface area contributed by atoms with E-state index in [0.29, 0.717) is 31.6 Å². The molecule has 10 rings (SSSR count). The van der Waals surface area contributed by atoms with Crippen molar-refractivity contribution in [1.82, 2.24) is 40.0 Å². The van der Waals surface area contributed by atoms with Crippen LogP contribution in [-0.2, 0) is 19.1 Å². The second kappa shape index (κ2) is 15.6. The number of rotatable bonds is 8. The molecular formula is C42H44N12O4S. The van der Waals surface area contributed by atoms with Gasteiger partial charge in [-0.05, 0) is 80.8 Å². The molecule has 59 heavy (non-hydrogen) atoms. The molecule has 5 aromatic rings. The van der Waals surface area contributed by atoms with Gasteiger partial charge in [-0.25, -0.2) is 9.50 Å². The number of carbonyl (C=O) groups is 3. The van der Waals surface area contributed by atoms with Crippen molar-refractivity contribution in [2.45, 2.75) is 75.4 Å². The molecule has 0 saturated carbocycles. The van der Waals surface area contributed by atoms with E-state index in [1.165, 1.54) is 0 Å². The van der Waals surface area contributed by atoms with Gasteiger partial charge in [0.2, 0.25) is 22.9 Å². The third-order valence-electron chi connectivity index (χ3n) is 12.6. The Bertz CT molecular complexity index is 2430. The molecule has 5 aliphatic heterocycles. The number of imide groups is 1. The van der Waals surface area contributed by atoms with E-state index in [1.807, 2.05) is 36.5 Å². The molecule has 0 aliphatic carbocycles. The van der Waals surface area contributed by atoms with E-state index in [9.17, 15) is 19.6 Å². The number of nitrogens with zero attached hydrogens (tertiary/aromatic N) is 10. The summed E-state index contributed by atoms with van der Waals surface area (Å²) in [6, 6.07) is 14.3. The quantitative estimate of drug-likeness (QED) is 0.211. The lowest BCUT2D eigenvalue weighted by molar-refractivity contribution is -0.139. The van der Waals surface area contributed by atoms with E-state index < -0.39 is 0 Å². The Hall–Kier alpha value is -5.99. The molecule has 2 bridgehead atoms. The number of hydrogen-bond acceptors (Lipinski definition) is 14. The first-order valence-corrected chi connectivity index (χ1v) is 21.4. The minimum atomic E-state index is -0.354. The highest BCUT2D eigenvalue weighted by Gasteiger charge is 2.45. The summed E-state index contributed by atoms with van der Waals surface area (Å²) in [5.41, 5.74) is 5.54. The zero-order valence-electron chi connectivity index (χ0n) is 32.5. The van der Waals surface area contributed by atoms with Gasteiger partial charge in [0.25, 0.3) is 0 Å². The Balaban J connectivity index is 0.804. The van der Waals surface area contributed by atoms with Crippen LogP contribution in [0, 0.1) is 17.2 Å². The van der Waals surface area contributed by atoms with Gasteiger partial charge in [0.1, 0.15) is 11.9 Å². The molecule has 0 radical (unpaired) electrons. The van der Waals surface area contributed by atoms with Gasteiger partial charge in [0, 0.05) is 87.9 Å². The number of anilines is 3. The van der Waals surface area contributed by atoms with Crippen LogP contribution in [0.2, 0.25) is 0 Å². The molecule has 10 heterocycles. The maximum atomic E-state index is 14.1. The van der Waals surface area contributed by atoms with Crippen LogP contribution in [0.25, 0.3) is 27.5 Å². The van der Waals surface area contributed by atoms with Crippen molar-refractivity contribution in [1.29, 1.82) is 5.26 Å². The third kappa shape index (κ3) is 7.24. The van der Waals surface area contributed by atoms with E-state index in [4.69, 9.17) is 19.9 Å². The number of hydrogen-bond donors (Lipinski definition) is 2. The monoisotopic (exact) mass is 812 g/mol. The van der Waals surface area contributed by atoms with Crippen LogP contribution in [0.1, 0.15) is 68.4 Å². The summed E-state index contributed by atoms with van der Waals surface area (Å²) in [5, 5.41) is 31.1. The Morgan fingerprint density at radius 3 is 2.46 bits per heavy atom. The molecule has 17 heteroatoms. The molecule has 3 atom stereocenters. The molecule has 2 unspecified atom stereocenters. The number of aromatic nitrogens is 6. The molecule has 3 amide bonds. The summed E-state index contributed by atoms with van der Waals surface area (Å²) in [6.45, 7) is 4.36. The number of piperazine rings is 1. The van der Waals surface area contributed by atoms with E-state index >= 15 is 0 Å². The minimum absolute atomic E-state index is 0.0236. The Kier molecular flexibility index (Phi) is 9.89. The largest absolute Gasteiger partial charge is 0.381 e. The normalized spacial score (nSPS) is 22.8. The maximum absolute atomic E-state index is 14.1. The standard InChI is InChI=1S/C42H44N12O4S/c43-19-25-17-29-4-6-36(54(29)46-20-25)35-18-34(47-28-11-15-58-16-12-28)33(22-44-35)40-49-50-42(59-40)52-23-30-2-3-31(24-52)53(30)41(57)26-9-13-51(14-10-26)37-7-1-27(21-45-37)32-5-8-38(55)48-39(32)56/h1,4,6-7,17-18,20-22,26,28,30-32H,2-3,5,8-16,23-24H2,(H,44,47)(H,48,55,56)/t30?,31?,32-/m0/s1. The van der Waals surface area contributed by atoms with Gasteiger partial charge in [-0.3, -0.25) is 24.7 Å². The Morgan fingerprint density at radius 1 is 0.898 bits per heavy atom. The number of nitrogens with one attached hydrogen (secondary N) is 2. The Morgan fingerprint density at radius 2 is 1.71 bits per heavy atom. The van der Waals surface area contributed by atoms with Crippen LogP contribution >= 0.6 is 11.3 Å². The van der Waals surface area contributed by atoms with Crippen molar-refractivity contribution in [3.05, 3.63) is 66.1 Å². The molecule has 0 spiro atoms. The zero-order valence-corrected chi connectivity index (χ0v) is 33.3. The highest BCUT2D eigenvalue weighted by molar-refractivity contribution is 7.18. The fourth-order valence-electron chi connectivity index (χ4n) is 9.44. The fraction of sp³-hybridized carbons (Fsp3) is 0.452. The summed E-state index contributed by atoms with van der Waals surface area (Å²) in [6.07, 6.45) is 11.3. The summed E-state index contributed by atoms with van der Waals surface area (Å²) in [5.74, 6) is 0.250. The van der Waals surface area contributed by atoms with Crippen LogP contribution in [0.3, 0.4) is 0 Å². The lowest BCUT2D eigenvalue weighted by Crippen LogP contribution is -2.58. The molecule has 5 aromatic heterocycles. The van der Waals surface area contributed by atoms with E-state index in [1.54, 1.807) is 28.2 Å². The number of fused-ring (bicyclic) bond motifs is 3. The minimum Gasteiger partial charge on any atom is -0.381 e. The van der Waals surface area contributed by atoms with Gasteiger partial charge in [0.05, 0.1) is 40.1 Å². The van der Waals surface area contributed by atoms with Crippen molar-refractivity contribution in [3.8, 4) is 28.0 Å². The molecular weight excluding hydrogens is 769 g/mol. The lowest BCUT2D eigenvalue weighted by Gasteiger charge is -2.43. The first kappa shape index (κ1) is 37.3. The average Bonchev–Trinajstić information content (AvgIpc) is 4.00. The SMILES string of the molecule is N#Cc1cnn2c(-c3cc(NC4CCOCC4)c(-c4nnc(N5CC6CCC(C5)N6C(=O)C5CCN(c6ccc([C@@H]7CCC(=O)NC7=O)cn6)CC5)s4)cn3)ccc2c1. The molecule has 5 aliphatic rings. The topological polar surface area (TPSA) is 187 Å². The van der Waals surface area contributed by atoms with Gasteiger partial charge >= 0.3 is 0 Å². The average molecular weight is 813 g/mol. The molecule has 5 saturated heterocycles. The zero-order chi connectivity index (χ0) is 40.0. The lowest BCUT2D eigenvalue weighted by atomic mass is 9.91. The van der Waals surface area contributed by atoms with Crippen molar-refractivity contribution in [2.75, 3.05) is 54.5 Å². The second-order valence-corrected chi connectivity index (χ2v) is 17.2. The predicted molar refractivity (Wildman–Crippen MR) is 220 cm³/mol. The molecule has 0 aromatic carbocycles. The van der Waals surface area contributed by atoms with Crippen LogP contribution in [0.5, 0.6) is 0 Å². The van der Waals surface area contributed by atoms with E-state index in [-0.39, 0.29) is 47.7 Å². The van der Waals surface area contributed by atoms with Crippen LogP contribution in [0.4, 0.5) is 16.6 Å². The summed E-state index contributed by atoms with van der Waals surface area (Å²) < 4.78 is 7.44. The third-order valence-corrected chi connectivity index (χ3v) is 13.6. The van der Waals surface area contributed by atoms with Gasteiger partial charge in [0.15, 0.2) is 5.01 Å². The number of piperidine rings is 2. The highest BCUT2D eigenvalue weighted by atomic mass is 32.1. The number of nitriles is 1. The molecule has 16 nitrogen and oxygen atoms in total. The van der Waals surface area contributed by atoms with Crippen molar-refractivity contribution in [3.63, 3.8) is 0 Å². The fourth-order valence-corrected chi connectivity index (χ4v) is 10.3.